The van der Waals surface area contributed by atoms with E-state index in [1.54, 1.807) is 12.1 Å². The highest BCUT2D eigenvalue weighted by atomic mass is 19.4. The second kappa shape index (κ2) is 8.76. The Morgan fingerprint density at radius 3 is 2.35 bits per heavy atom. The Labute approximate surface area is 179 Å². The number of likely N-dealkylation sites (N-methyl/N-ethyl adjacent to an activating group) is 1. The fourth-order valence-electron chi connectivity index (χ4n) is 3.74. The fourth-order valence-corrected chi connectivity index (χ4v) is 3.74. The van der Waals surface area contributed by atoms with Crippen molar-refractivity contribution in [1.82, 2.24) is 15.1 Å². The Balaban J connectivity index is 1.35. The highest BCUT2D eigenvalue weighted by Crippen LogP contribution is 2.44. The quantitative estimate of drug-likeness (QED) is 0.640. The Bertz CT molecular complexity index is 956. The van der Waals surface area contributed by atoms with Crippen LogP contribution in [0.2, 0.25) is 0 Å². The molecule has 0 saturated carbocycles. The fraction of sp³-hybridized carbons (Fsp3) is 0.409. The van der Waals surface area contributed by atoms with E-state index < -0.39 is 11.7 Å². The van der Waals surface area contributed by atoms with E-state index in [9.17, 15) is 18.0 Å². The zero-order valence-corrected chi connectivity index (χ0v) is 17.3. The van der Waals surface area contributed by atoms with Gasteiger partial charge in [0.1, 0.15) is 0 Å². The largest absolute Gasteiger partial charge is 0.453 e. The topological polar surface area (TPSA) is 56.8 Å². The molecule has 31 heavy (non-hydrogen) atoms. The van der Waals surface area contributed by atoms with Gasteiger partial charge in [-0.1, -0.05) is 13.0 Å². The van der Waals surface area contributed by atoms with Crippen molar-refractivity contribution in [1.29, 1.82) is 0 Å². The lowest BCUT2D eigenvalue weighted by atomic mass is 10.1. The molecule has 1 saturated heterocycles. The maximum absolute atomic E-state index is 13.0. The number of rotatable bonds is 5. The first kappa shape index (κ1) is 21.5. The molecule has 1 fully saturated rings. The molecule has 6 nitrogen and oxygen atoms in total. The second-order valence-electron chi connectivity index (χ2n) is 7.75. The monoisotopic (exact) mass is 434 g/mol. The van der Waals surface area contributed by atoms with Gasteiger partial charge in [-0.25, -0.2) is 0 Å². The summed E-state index contributed by atoms with van der Waals surface area (Å²) in [5, 5.41) is 5.99. The summed E-state index contributed by atoms with van der Waals surface area (Å²) in [6, 6.07) is 8.73. The molecule has 166 valence electrons. The number of fused-ring (bicyclic) bond motifs is 2. The van der Waals surface area contributed by atoms with Gasteiger partial charge in [-0.2, -0.15) is 13.2 Å². The average Bonchev–Trinajstić information content (AvgIpc) is 2.75. The third kappa shape index (κ3) is 5.11. The number of halogens is 3. The van der Waals surface area contributed by atoms with Crippen LogP contribution in [-0.2, 0) is 17.5 Å². The zero-order valence-electron chi connectivity index (χ0n) is 17.3. The van der Waals surface area contributed by atoms with Crippen LogP contribution in [-0.4, -0.2) is 55.0 Å². The smallest absolute Gasteiger partial charge is 0.416 e. The predicted molar refractivity (Wildman–Crippen MR) is 112 cm³/mol. The first-order valence-corrected chi connectivity index (χ1v) is 10.3. The molecule has 1 amide bonds. The van der Waals surface area contributed by atoms with Crippen LogP contribution in [0.25, 0.3) is 0 Å². The molecule has 2 heterocycles. The molecule has 2 aliphatic rings. The van der Waals surface area contributed by atoms with Crippen LogP contribution in [0.3, 0.4) is 0 Å². The van der Waals surface area contributed by atoms with E-state index in [4.69, 9.17) is 4.74 Å². The number of nitrogens with one attached hydrogen (secondary N) is 2. The normalized spacial score (nSPS) is 16.6. The molecule has 2 aromatic rings. The Kier molecular flexibility index (Phi) is 6.06. The third-order valence-corrected chi connectivity index (χ3v) is 5.61. The highest BCUT2D eigenvalue weighted by Gasteiger charge is 2.32. The van der Waals surface area contributed by atoms with Crippen LogP contribution in [0, 0.1) is 0 Å². The van der Waals surface area contributed by atoms with Gasteiger partial charge in [0.05, 0.1) is 23.5 Å². The van der Waals surface area contributed by atoms with E-state index in [1.807, 2.05) is 6.07 Å². The van der Waals surface area contributed by atoms with Crippen LogP contribution in [0.15, 0.2) is 36.4 Å². The molecule has 0 radical (unpaired) electrons. The standard InChI is InChI=1S/C22H25F3N4O2/c1-2-28-7-9-29(10-8-28)14-21(30)26-13-15-3-5-17-19(11-15)31-20-12-16(22(23,24)25)4-6-18(20)27-17/h3-6,11-12,27H,2,7-10,13-14H2,1H3,(H,26,30). The van der Waals surface area contributed by atoms with Crippen molar-refractivity contribution in [2.75, 3.05) is 44.6 Å². The molecule has 2 aliphatic heterocycles. The SMILES string of the molecule is CCN1CCN(CC(=O)NCc2ccc3c(c2)Oc2cc(C(F)(F)F)ccc2N3)CC1. The maximum Gasteiger partial charge on any atom is 0.416 e. The van der Waals surface area contributed by atoms with Gasteiger partial charge in [0.2, 0.25) is 5.91 Å². The lowest BCUT2D eigenvalue weighted by Crippen LogP contribution is -2.49. The van der Waals surface area contributed by atoms with Gasteiger partial charge in [-0.3, -0.25) is 9.69 Å². The minimum atomic E-state index is -4.44. The third-order valence-electron chi connectivity index (χ3n) is 5.61. The summed E-state index contributed by atoms with van der Waals surface area (Å²) in [6.07, 6.45) is -4.44. The van der Waals surface area contributed by atoms with Crippen molar-refractivity contribution in [2.45, 2.75) is 19.6 Å². The lowest BCUT2D eigenvalue weighted by Gasteiger charge is -2.33. The number of nitrogens with zero attached hydrogens (tertiary/aromatic N) is 2. The van der Waals surface area contributed by atoms with Gasteiger partial charge < -0.3 is 20.3 Å². The minimum Gasteiger partial charge on any atom is -0.453 e. The Morgan fingerprint density at radius 2 is 1.68 bits per heavy atom. The molecule has 0 spiro atoms. The van der Waals surface area contributed by atoms with Crippen molar-refractivity contribution in [2.24, 2.45) is 0 Å². The summed E-state index contributed by atoms with van der Waals surface area (Å²) in [4.78, 5) is 16.8. The molecule has 0 aromatic heterocycles. The summed E-state index contributed by atoms with van der Waals surface area (Å²) in [5.74, 6) is 0.492. The summed E-state index contributed by atoms with van der Waals surface area (Å²) in [6.45, 7) is 7.52. The molecular weight excluding hydrogens is 409 g/mol. The molecule has 4 rings (SSSR count). The minimum absolute atomic E-state index is 0.0538. The first-order valence-electron chi connectivity index (χ1n) is 10.3. The molecular formula is C22H25F3N4O2. The second-order valence-corrected chi connectivity index (χ2v) is 7.75. The number of benzene rings is 2. The summed E-state index contributed by atoms with van der Waals surface area (Å²) in [5.41, 5.74) is 1.18. The van der Waals surface area contributed by atoms with Gasteiger partial charge in [-0.15, -0.1) is 0 Å². The van der Waals surface area contributed by atoms with Gasteiger partial charge in [0.15, 0.2) is 11.5 Å². The van der Waals surface area contributed by atoms with E-state index in [-0.39, 0.29) is 11.7 Å². The number of anilines is 2. The highest BCUT2D eigenvalue weighted by molar-refractivity contribution is 5.78. The van der Waals surface area contributed by atoms with Gasteiger partial charge in [-0.05, 0) is 42.4 Å². The average molecular weight is 434 g/mol. The van der Waals surface area contributed by atoms with Crippen LogP contribution < -0.4 is 15.4 Å². The van der Waals surface area contributed by atoms with Crippen molar-refractivity contribution >= 4 is 17.3 Å². The van der Waals surface area contributed by atoms with Crippen molar-refractivity contribution in [3.05, 3.63) is 47.5 Å². The number of hydrogen-bond acceptors (Lipinski definition) is 5. The van der Waals surface area contributed by atoms with Crippen molar-refractivity contribution < 1.29 is 22.7 Å². The number of hydrogen-bond donors (Lipinski definition) is 2. The molecule has 9 heteroatoms. The van der Waals surface area contributed by atoms with E-state index in [0.717, 1.165) is 50.4 Å². The molecule has 0 unspecified atom stereocenters. The van der Waals surface area contributed by atoms with Crippen LogP contribution in [0.4, 0.5) is 24.5 Å². The van der Waals surface area contributed by atoms with E-state index in [2.05, 4.69) is 27.4 Å². The van der Waals surface area contributed by atoms with Gasteiger partial charge in [0, 0.05) is 32.7 Å². The van der Waals surface area contributed by atoms with Crippen molar-refractivity contribution in [3.63, 3.8) is 0 Å². The van der Waals surface area contributed by atoms with Crippen LogP contribution >= 0.6 is 0 Å². The summed E-state index contributed by atoms with van der Waals surface area (Å²) < 4.78 is 44.6. The number of ether oxygens (including phenoxy) is 1. The number of carbonyl (C=O) groups excluding carboxylic acids is 1. The van der Waals surface area contributed by atoms with E-state index in [0.29, 0.717) is 30.2 Å². The van der Waals surface area contributed by atoms with E-state index in [1.165, 1.54) is 6.07 Å². The molecule has 0 atom stereocenters. The number of carbonyl (C=O) groups is 1. The molecule has 2 aromatic carbocycles. The molecule has 0 bridgehead atoms. The predicted octanol–water partition coefficient (Wildman–Crippen LogP) is 3.81. The number of piperazine rings is 1. The summed E-state index contributed by atoms with van der Waals surface area (Å²) >= 11 is 0. The first-order chi connectivity index (χ1) is 14.8. The van der Waals surface area contributed by atoms with Gasteiger partial charge in [0.25, 0.3) is 0 Å². The molecule has 0 aliphatic carbocycles. The Hall–Kier alpha value is -2.78. The van der Waals surface area contributed by atoms with Crippen LogP contribution in [0.5, 0.6) is 11.5 Å². The van der Waals surface area contributed by atoms with Crippen molar-refractivity contribution in [3.8, 4) is 11.5 Å². The molecule has 2 N–H and O–H groups in total. The lowest BCUT2D eigenvalue weighted by molar-refractivity contribution is -0.137. The zero-order chi connectivity index (χ0) is 22.0. The van der Waals surface area contributed by atoms with Crippen LogP contribution in [0.1, 0.15) is 18.1 Å². The van der Waals surface area contributed by atoms with E-state index >= 15 is 0 Å². The van der Waals surface area contributed by atoms with Gasteiger partial charge >= 0.3 is 6.18 Å². The number of amides is 1. The number of alkyl halides is 3. The maximum atomic E-state index is 13.0. The summed E-state index contributed by atoms with van der Waals surface area (Å²) in [7, 11) is 0. The Morgan fingerprint density at radius 1 is 1.03 bits per heavy atom.